The Hall–Kier alpha value is -3.76. The Labute approximate surface area is 231 Å². The van der Waals surface area contributed by atoms with Crippen molar-refractivity contribution in [3.63, 3.8) is 0 Å². The van der Waals surface area contributed by atoms with Gasteiger partial charge in [0.15, 0.2) is 5.82 Å². The molecule has 2 atom stereocenters. The molecule has 0 radical (unpaired) electrons. The van der Waals surface area contributed by atoms with E-state index in [1.165, 1.54) is 11.3 Å². The van der Waals surface area contributed by atoms with Gasteiger partial charge in [-0.25, -0.2) is 19.7 Å². The highest BCUT2D eigenvalue weighted by molar-refractivity contribution is 5.80. The van der Waals surface area contributed by atoms with Gasteiger partial charge in [0.1, 0.15) is 18.7 Å². The molecule has 0 aliphatic carbocycles. The number of amides is 1. The van der Waals surface area contributed by atoms with Crippen molar-refractivity contribution in [2.24, 2.45) is 10.7 Å². The van der Waals surface area contributed by atoms with Crippen molar-refractivity contribution in [1.29, 1.82) is 0 Å². The lowest BCUT2D eigenvalue weighted by Gasteiger charge is -2.35. The number of carbonyl (C=O) groups is 1. The standard InChI is InChI=1S/C28H43N9O2/c1-7-10-23(24-12-13-25(26(32-24)34(6)33-39)30-19-28(4,5)8-2)11-9-14-35-15-17-36(18-16-35)27(38)22(3)37-21-29-20-31-37/h7,9-10,12-14,20-23,30H,8,11,15-19H2,1-6H3/b10-7-,14-9+. The summed E-state index contributed by atoms with van der Waals surface area (Å²) in [5, 5.41) is 11.9. The molecule has 11 nitrogen and oxygen atoms in total. The van der Waals surface area contributed by atoms with Crippen LogP contribution in [0.3, 0.4) is 0 Å². The molecule has 1 amide bonds. The maximum atomic E-state index is 12.8. The van der Waals surface area contributed by atoms with Crippen LogP contribution in [-0.2, 0) is 4.79 Å². The maximum Gasteiger partial charge on any atom is 0.247 e. The average Bonchev–Trinajstić information content (AvgIpc) is 3.50. The lowest BCUT2D eigenvalue weighted by molar-refractivity contribution is -0.136. The van der Waals surface area contributed by atoms with Crippen molar-refractivity contribution in [3.05, 3.63) is 59.8 Å². The van der Waals surface area contributed by atoms with E-state index in [0.29, 0.717) is 18.9 Å². The highest BCUT2D eigenvalue weighted by Crippen LogP contribution is 2.30. The predicted octanol–water partition coefficient (Wildman–Crippen LogP) is 4.61. The van der Waals surface area contributed by atoms with Crippen LogP contribution in [0.1, 0.15) is 65.1 Å². The predicted molar refractivity (Wildman–Crippen MR) is 155 cm³/mol. The lowest BCUT2D eigenvalue weighted by Crippen LogP contribution is -2.48. The van der Waals surface area contributed by atoms with E-state index in [0.717, 1.165) is 43.9 Å². The molecule has 1 fully saturated rings. The molecule has 1 aliphatic rings. The van der Waals surface area contributed by atoms with E-state index in [9.17, 15) is 9.70 Å². The van der Waals surface area contributed by atoms with Gasteiger partial charge in [-0.05, 0) is 50.4 Å². The van der Waals surface area contributed by atoms with Gasteiger partial charge in [0.2, 0.25) is 5.91 Å². The number of nitrogens with one attached hydrogen (secondary N) is 1. The fraction of sp³-hybridized carbons (Fsp3) is 0.571. The minimum absolute atomic E-state index is 0.0533. The number of hydrogen-bond donors (Lipinski definition) is 1. The van der Waals surface area contributed by atoms with E-state index in [4.69, 9.17) is 4.98 Å². The summed E-state index contributed by atoms with van der Waals surface area (Å²) in [6.07, 6.45) is 13.2. The van der Waals surface area contributed by atoms with Gasteiger partial charge in [-0.1, -0.05) is 39.0 Å². The summed E-state index contributed by atoms with van der Waals surface area (Å²) in [6, 6.07) is 3.64. The van der Waals surface area contributed by atoms with Crippen LogP contribution in [0, 0.1) is 10.3 Å². The second-order valence-corrected chi connectivity index (χ2v) is 10.7. The molecule has 1 aliphatic heterocycles. The fourth-order valence-corrected chi connectivity index (χ4v) is 4.33. The number of aromatic nitrogens is 4. The SMILES string of the molecule is C/C=C\C(C/C=C/N1CCN(C(=O)C(C)n2cncn2)CC1)c1ccc(NCC(C)(C)CC)c(N(C)N=O)n1. The monoisotopic (exact) mass is 537 g/mol. The van der Waals surface area contributed by atoms with Gasteiger partial charge in [0.05, 0.1) is 16.7 Å². The molecular formula is C28H43N9O2. The molecule has 11 heteroatoms. The summed E-state index contributed by atoms with van der Waals surface area (Å²) in [5.74, 6) is 0.636. The van der Waals surface area contributed by atoms with Crippen molar-refractivity contribution in [3.8, 4) is 0 Å². The highest BCUT2D eigenvalue weighted by atomic mass is 16.3. The van der Waals surface area contributed by atoms with Gasteiger partial charge in [-0.3, -0.25) is 4.79 Å². The first-order valence-electron chi connectivity index (χ1n) is 13.7. The molecule has 2 unspecified atom stereocenters. The normalized spacial score (nSPS) is 16.1. The first kappa shape index (κ1) is 29.8. The van der Waals surface area contributed by atoms with E-state index < -0.39 is 0 Å². The number of hydrogen-bond acceptors (Lipinski definition) is 8. The molecule has 1 saturated heterocycles. The zero-order chi connectivity index (χ0) is 28.4. The number of pyridine rings is 1. The van der Waals surface area contributed by atoms with Gasteiger partial charge in [0, 0.05) is 45.7 Å². The fourth-order valence-electron chi connectivity index (χ4n) is 4.33. The number of piperazine rings is 1. The molecule has 39 heavy (non-hydrogen) atoms. The van der Waals surface area contributed by atoms with Gasteiger partial charge >= 0.3 is 0 Å². The van der Waals surface area contributed by atoms with Gasteiger partial charge < -0.3 is 15.1 Å². The smallest absolute Gasteiger partial charge is 0.247 e. The Morgan fingerprint density at radius 1 is 1.26 bits per heavy atom. The van der Waals surface area contributed by atoms with Crippen molar-refractivity contribution >= 4 is 17.4 Å². The minimum Gasteiger partial charge on any atom is -0.381 e. The molecule has 3 rings (SSSR count). The van der Waals surface area contributed by atoms with E-state index >= 15 is 0 Å². The second-order valence-electron chi connectivity index (χ2n) is 10.7. The summed E-state index contributed by atoms with van der Waals surface area (Å²) in [4.78, 5) is 37.1. The molecule has 0 bridgehead atoms. The number of nitroso groups, excluding NO2 is 1. The summed E-state index contributed by atoms with van der Waals surface area (Å²) >= 11 is 0. The number of anilines is 2. The third-order valence-corrected chi connectivity index (χ3v) is 7.37. The van der Waals surface area contributed by atoms with Gasteiger partial charge in [-0.2, -0.15) is 5.10 Å². The largest absolute Gasteiger partial charge is 0.381 e. The zero-order valence-electron chi connectivity index (χ0n) is 24.1. The van der Waals surface area contributed by atoms with Crippen LogP contribution in [0.15, 0.2) is 54.5 Å². The van der Waals surface area contributed by atoms with Crippen molar-refractivity contribution in [2.45, 2.75) is 59.4 Å². The van der Waals surface area contributed by atoms with Crippen molar-refractivity contribution in [2.75, 3.05) is 50.1 Å². The summed E-state index contributed by atoms with van der Waals surface area (Å²) < 4.78 is 1.59. The maximum absolute atomic E-state index is 12.8. The number of carbonyl (C=O) groups excluding carboxylic acids is 1. The highest BCUT2D eigenvalue weighted by Gasteiger charge is 2.25. The first-order valence-corrected chi connectivity index (χ1v) is 13.7. The molecule has 212 valence electrons. The Bertz CT molecular complexity index is 1120. The molecule has 0 spiro atoms. The molecule has 0 saturated carbocycles. The van der Waals surface area contributed by atoms with E-state index in [2.05, 4.69) is 64.7 Å². The van der Waals surface area contributed by atoms with Crippen LogP contribution in [0.25, 0.3) is 0 Å². The number of rotatable bonds is 13. The molecule has 2 aromatic rings. The van der Waals surface area contributed by atoms with Crippen LogP contribution in [0.4, 0.5) is 11.5 Å². The first-order chi connectivity index (χ1) is 18.7. The van der Waals surface area contributed by atoms with Crippen LogP contribution < -0.4 is 10.3 Å². The average molecular weight is 538 g/mol. The minimum atomic E-state index is -0.359. The summed E-state index contributed by atoms with van der Waals surface area (Å²) in [7, 11) is 1.62. The van der Waals surface area contributed by atoms with Crippen LogP contribution in [-0.4, -0.2) is 75.2 Å². The Morgan fingerprint density at radius 2 is 2.00 bits per heavy atom. The topological polar surface area (TPSA) is 112 Å². The second kappa shape index (κ2) is 13.9. The van der Waals surface area contributed by atoms with Crippen molar-refractivity contribution < 1.29 is 4.79 Å². The molecular weight excluding hydrogens is 494 g/mol. The van der Waals surface area contributed by atoms with Gasteiger partial charge in [-0.15, -0.1) is 4.91 Å². The van der Waals surface area contributed by atoms with Crippen LogP contribution in [0.5, 0.6) is 0 Å². The summed E-state index contributed by atoms with van der Waals surface area (Å²) in [6.45, 7) is 14.1. The van der Waals surface area contributed by atoms with Crippen molar-refractivity contribution in [1.82, 2.24) is 29.5 Å². The third kappa shape index (κ3) is 8.11. The lowest BCUT2D eigenvalue weighted by atomic mass is 9.90. The molecule has 1 N–H and O–H groups in total. The Morgan fingerprint density at radius 3 is 2.62 bits per heavy atom. The zero-order valence-corrected chi connectivity index (χ0v) is 24.1. The summed E-state index contributed by atoms with van der Waals surface area (Å²) in [5.41, 5.74) is 1.79. The van der Waals surface area contributed by atoms with E-state index in [1.54, 1.807) is 18.1 Å². The van der Waals surface area contributed by atoms with E-state index in [-0.39, 0.29) is 23.3 Å². The molecule has 2 aromatic heterocycles. The van der Waals surface area contributed by atoms with E-state index in [1.807, 2.05) is 37.0 Å². The van der Waals surface area contributed by atoms with Crippen LogP contribution >= 0.6 is 0 Å². The Balaban J connectivity index is 1.62. The number of allylic oxidation sites excluding steroid dienone is 3. The number of nitrogens with zero attached hydrogens (tertiary/aromatic N) is 8. The quantitative estimate of drug-likeness (QED) is 0.224. The Kier molecular flexibility index (Phi) is 10.6. The molecule has 3 heterocycles. The van der Waals surface area contributed by atoms with Crippen LogP contribution in [0.2, 0.25) is 0 Å². The third-order valence-electron chi connectivity index (χ3n) is 7.37. The molecule has 0 aromatic carbocycles. The van der Waals surface area contributed by atoms with Gasteiger partial charge in [0.25, 0.3) is 0 Å².